The second kappa shape index (κ2) is 5.64. The van der Waals surface area contributed by atoms with Gasteiger partial charge in [0.25, 0.3) is 5.91 Å². The van der Waals surface area contributed by atoms with Crippen molar-refractivity contribution in [1.82, 2.24) is 10.3 Å². The van der Waals surface area contributed by atoms with Gasteiger partial charge in [0.15, 0.2) is 0 Å². The molecule has 1 aliphatic rings. The summed E-state index contributed by atoms with van der Waals surface area (Å²) < 4.78 is 22.6. The number of carbonyl (C=O) groups excluding carboxylic acids is 1. The van der Waals surface area contributed by atoms with Crippen molar-refractivity contribution in [3.8, 4) is 0 Å². The van der Waals surface area contributed by atoms with Gasteiger partial charge in [-0.3, -0.25) is 4.79 Å². The average molecular weight is 323 g/mol. The Kier molecular flexibility index (Phi) is 4.32. The van der Waals surface area contributed by atoms with Gasteiger partial charge in [-0.15, -0.1) is 0 Å². The molecule has 8 heteroatoms. The van der Waals surface area contributed by atoms with Gasteiger partial charge in [-0.05, 0) is 25.0 Å². The SMILES string of the molecule is O=C(NC1CCS(=O)(=O)CC1)c1cc(Cl)nc(Cl)c1. The number of nitrogens with one attached hydrogen (secondary N) is 1. The molecule has 0 atom stereocenters. The fourth-order valence-electron chi connectivity index (χ4n) is 1.90. The average Bonchev–Trinajstić information content (AvgIpc) is 2.30. The van der Waals surface area contributed by atoms with Crippen molar-refractivity contribution in [3.63, 3.8) is 0 Å². The lowest BCUT2D eigenvalue weighted by Gasteiger charge is -2.23. The molecular weight excluding hydrogens is 311 g/mol. The normalized spacial score (nSPS) is 19.1. The van der Waals surface area contributed by atoms with Crippen molar-refractivity contribution in [1.29, 1.82) is 0 Å². The Morgan fingerprint density at radius 2 is 1.74 bits per heavy atom. The van der Waals surface area contributed by atoms with E-state index in [9.17, 15) is 13.2 Å². The molecule has 0 aromatic carbocycles. The molecule has 1 aromatic heterocycles. The van der Waals surface area contributed by atoms with Crippen molar-refractivity contribution < 1.29 is 13.2 Å². The highest BCUT2D eigenvalue weighted by Gasteiger charge is 2.25. The lowest BCUT2D eigenvalue weighted by atomic mass is 10.1. The van der Waals surface area contributed by atoms with Gasteiger partial charge in [0.05, 0.1) is 11.5 Å². The van der Waals surface area contributed by atoms with Crippen molar-refractivity contribution in [3.05, 3.63) is 28.0 Å². The summed E-state index contributed by atoms with van der Waals surface area (Å²) in [5, 5.41) is 3.06. The second-order valence-corrected chi connectivity index (χ2v) is 7.48. The fraction of sp³-hybridized carbons (Fsp3) is 0.455. The Hall–Kier alpha value is -0.850. The summed E-state index contributed by atoms with van der Waals surface area (Å²) in [6, 6.07) is 2.70. The number of pyridine rings is 1. The topological polar surface area (TPSA) is 76.1 Å². The molecule has 2 rings (SSSR count). The Morgan fingerprint density at radius 3 is 2.26 bits per heavy atom. The lowest BCUT2D eigenvalue weighted by molar-refractivity contribution is 0.0934. The van der Waals surface area contributed by atoms with Gasteiger partial charge in [-0.2, -0.15) is 0 Å². The van der Waals surface area contributed by atoms with Gasteiger partial charge in [0, 0.05) is 11.6 Å². The predicted octanol–water partition coefficient (Wildman–Crippen LogP) is 1.70. The zero-order valence-electron chi connectivity index (χ0n) is 9.90. The third kappa shape index (κ3) is 4.06. The molecular formula is C11H12Cl2N2O3S. The van der Waals surface area contributed by atoms with E-state index in [1.807, 2.05) is 0 Å². The molecule has 0 unspecified atom stereocenters. The minimum atomic E-state index is -2.93. The number of sulfone groups is 1. The minimum Gasteiger partial charge on any atom is -0.349 e. The molecule has 1 aliphatic heterocycles. The second-order valence-electron chi connectivity index (χ2n) is 4.40. The van der Waals surface area contributed by atoms with Gasteiger partial charge in [0.2, 0.25) is 0 Å². The molecule has 5 nitrogen and oxygen atoms in total. The predicted molar refractivity (Wildman–Crippen MR) is 73.4 cm³/mol. The molecule has 1 saturated heterocycles. The Balaban J connectivity index is 2.02. The van der Waals surface area contributed by atoms with Gasteiger partial charge in [0.1, 0.15) is 20.1 Å². The van der Waals surface area contributed by atoms with Crippen LogP contribution in [-0.2, 0) is 9.84 Å². The largest absolute Gasteiger partial charge is 0.349 e. The van der Waals surface area contributed by atoms with Gasteiger partial charge < -0.3 is 5.32 Å². The lowest BCUT2D eigenvalue weighted by Crippen LogP contribution is -2.40. The van der Waals surface area contributed by atoms with E-state index in [0.29, 0.717) is 18.4 Å². The highest BCUT2D eigenvalue weighted by Crippen LogP contribution is 2.16. The molecule has 19 heavy (non-hydrogen) atoms. The third-order valence-electron chi connectivity index (χ3n) is 2.91. The van der Waals surface area contributed by atoms with Crippen molar-refractivity contribution in [2.75, 3.05) is 11.5 Å². The summed E-state index contributed by atoms with van der Waals surface area (Å²) in [6.07, 6.45) is 0.862. The minimum absolute atomic E-state index is 0.107. The van der Waals surface area contributed by atoms with Crippen LogP contribution in [0.5, 0.6) is 0 Å². The molecule has 2 heterocycles. The van der Waals surface area contributed by atoms with Crippen molar-refractivity contribution in [2.24, 2.45) is 0 Å². The molecule has 1 amide bonds. The molecule has 1 N–H and O–H groups in total. The fourth-order valence-corrected chi connectivity index (χ4v) is 3.85. The van der Waals surface area contributed by atoms with Gasteiger partial charge >= 0.3 is 0 Å². The summed E-state index contributed by atoms with van der Waals surface area (Å²) in [6.45, 7) is 0. The first kappa shape index (κ1) is 14.6. The molecule has 0 bridgehead atoms. The van der Waals surface area contributed by atoms with E-state index < -0.39 is 9.84 Å². The summed E-state index contributed by atoms with van der Waals surface area (Å²) in [5.41, 5.74) is 0.318. The molecule has 1 aromatic rings. The first-order valence-electron chi connectivity index (χ1n) is 5.70. The highest BCUT2D eigenvalue weighted by atomic mass is 35.5. The summed E-state index contributed by atoms with van der Waals surface area (Å²) in [7, 11) is -2.93. The molecule has 0 spiro atoms. The van der Waals surface area contributed by atoms with E-state index >= 15 is 0 Å². The van der Waals surface area contributed by atoms with Gasteiger partial charge in [-0.25, -0.2) is 13.4 Å². The van der Waals surface area contributed by atoms with E-state index in [4.69, 9.17) is 23.2 Å². The summed E-state index contributed by atoms with van der Waals surface area (Å²) >= 11 is 11.4. The molecule has 0 saturated carbocycles. The quantitative estimate of drug-likeness (QED) is 0.841. The van der Waals surface area contributed by atoms with Crippen LogP contribution >= 0.6 is 23.2 Å². The smallest absolute Gasteiger partial charge is 0.251 e. The number of amides is 1. The van der Waals surface area contributed by atoms with E-state index in [2.05, 4.69) is 10.3 Å². The molecule has 0 radical (unpaired) electrons. The van der Waals surface area contributed by atoms with Crippen LogP contribution in [-0.4, -0.2) is 36.9 Å². The van der Waals surface area contributed by atoms with Crippen LogP contribution in [0, 0.1) is 0 Å². The number of aromatic nitrogens is 1. The number of hydrogen-bond donors (Lipinski definition) is 1. The van der Waals surface area contributed by atoms with Crippen LogP contribution in [0.2, 0.25) is 10.3 Å². The maximum atomic E-state index is 12.0. The number of nitrogens with zero attached hydrogens (tertiary/aromatic N) is 1. The van der Waals surface area contributed by atoms with Crippen LogP contribution in [0.1, 0.15) is 23.2 Å². The standard InChI is InChI=1S/C11H12Cl2N2O3S/c12-9-5-7(6-10(13)15-9)11(16)14-8-1-3-19(17,18)4-2-8/h5-6,8H,1-4H2,(H,14,16). The van der Waals surface area contributed by atoms with Crippen molar-refractivity contribution >= 4 is 38.9 Å². The molecule has 1 fully saturated rings. The molecule has 0 aliphatic carbocycles. The van der Waals surface area contributed by atoms with Crippen molar-refractivity contribution in [2.45, 2.75) is 18.9 Å². The Bertz CT molecular complexity index is 570. The van der Waals surface area contributed by atoms with E-state index in [-0.39, 0.29) is 33.8 Å². The monoisotopic (exact) mass is 322 g/mol. The number of carbonyl (C=O) groups is 1. The van der Waals surface area contributed by atoms with Crippen LogP contribution in [0.15, 0.2) is 12.1 Å². The van der Waals surface area contributed by atoms with Crippen LogP contribution in [0.4, 0.5) is 0 Å². The first-order valence-corrected chi connectivity index (χ1v) is 8.28. The first-order chi connectivity index (χ1) is 8.85. The number of halogens is 2. The van der Waals surface area contributed by atoms with Crippen LogP contribution in [0.3, 0.4) is 0 Å². The zero-order valence-corrected chi connectivity index (χ0v) is 12.2. The van der Waals surface area contributed by atoms with E-state index in [0.717, 1.165) is 0 Å². The molecule has 104 valence electrons. The van der Waals surface area contributed by atoms with E-state index in [1.165, 1.54) is 12.1 Å². The summed E-state index contributed by atoms with van der Waals surface area (Å²) in [5.74, 6) is -0.110. The van der Waals surface area contributed by atoms with Crippen LogP contribution in [0.25, 0.3) is 0 Å². The van der Waals surface area contributed by atoms with Crippen LogP contribution < -0.4 is 5.32 Å². The van der Waals surface area contributed by atoms with Gasteiger partial charge in [-0.1, -0.05) is 23.2 Å². The zero-order chi connectivity index (χ0) is 14.0. The number of rotatable bonds is 2. The highest BCUT2D eigenvalue weighted by molar-refractivity contribution is 7.91. The third-order valence-corrected chi connectivity index (χ3v) is 5.02. The maximum Gasteiger partial charge on any atom is 0.251 e. The number of hydrogen-bond acceptors (Lipinski definition) is 4. The Morgan fingerprint density at radius 1 is 1.21 bits per heavy atom. The Labute approximate surface area is 121 Å². The maximum absolute atomic E-state index is 12.0. The van der Waals surface area contributed by atoms with E-state index in [1.54, 1.807) is 0 Å². The summed E-state index contributed by atoms with van der Waals surface area (Å²) in [4.78, 5) is 15.7.